The topological polar surface area (TPSA) is 49.8 Å². The first kappa shape index (κ1) is 20.2. The molecule has 0 unspecified atom stereocenters. The third-order valence-corrected chi connectivity index (χ3v) is 6.48. The lowest BCUT2D eigenvalue weighted by Crippen LogP contribution is -2.33. The van der Waals surface area contributed by atoms with Gasteiger partial charge in [-0.15, -0.1) is 0 Å². The van der Waals surface area contributed by atoms with Crippen LogP contribution >= 0.6 is 0 Å². The summed E-state index contributed by atoms with van der Waals surface area (Å²) in [5.41, 5.74) is 1.42. The van der Waals surface area contributed by atoms with E-state index in [2.05, 4.69) is 36.1 Å². The summed E-state index contributed by atoms with van der Waals surface area (Å²) in [6.07, 6.45) is 10.1. The Kier molecular flexibility index (Phi) is 7.57. The third kappa shape index (κ3) is 6.24. The normalized spacial score (nSPS) is 24.6. The average Bonchev–Trinajstić information content (AvgIpc) is 2.69. The van der Waals surface area contributed by atoms with E-state index in [0.29, 0.717) is 12.0 Å². The molecule has 1 saturated carbocycles. The van der Waals surface area contributed by atoms with E-state index in [1.165, 1.54) is 37.7 Å². The number of benzene rings is 1. The van der Waals surface area contributed by atoms with E-state index in [1.54, 1.807) is 0 Å². The zero-order valence-corrected chi connectivity index (χ0v) is 16.7. The highest BCUT2D eigenvalue weighted by molar-refractivity contribution is 5.66. The molecule has 0 bridgehead atoms. The molecule has 1 aliphatic heterocycles. The van der Waals surface area contributed by atoms with Crippen molar-refractivity contribution >= 4 is 5.97 Å². The summed E-state index contributed by atoms with van der Waals surface area (Å²) in [6, 6.07) is 8.80. The van der Waals surface area contributed by atoms with Gasteiger partial charge in [0.2, 0.25) is 0 Å². The van der Waals surface area contributed by atoms with Gasteiger partial charge in [-0.05, 0) is 94.1 Å². The van der Waals surface area contributed by atoms with Gasteiger partial charge < -0.3 is 14.7 Å². The number of carboxylic acid groups (broad SMARTS) is 1. The van der Waals surface area contributed by atoms with Crippen molar-refractivity contribution in [1.29, 1.82) is 0 Å². The van der Waals surface area contributed by atoms with Crippen molar-refractivity contribution in [1.82, 2.24) is 4.90 Å². The highest BCUT2D eigenvalue weighted by Gasteiger charge is 2.22. The van der Waals surface area contributed by atoms with Crippen molar-refractivity contribution in [3.05, 3.63) is 29.8 Å². The molecule has 2 aliphatic rings. The van der Waals surface area contributed by atoms with E-state index in [-0.39, 0.29) is 6.42 Å². The van der Waals surface area contributed by atoms with Crippen LogP contribution in [0.15, 0.2) is 24.3 Å². The summed E-state index contributed by atoms with van der Waals surface area (Å²) in [7, 11) is 0. The number of nitrogens with zero attached hydrogens (tertiary/aromatic N) is 1. The lowest BCUT2D eigenvalue weighted by Gasteiger charge is -2.32. The molecule has 0 amide bonds. The number of likely N-dealkylation sites (tertiary alicyclic amines) is 1. The summed E-state index contributed by atoms with van der Waals surface area (Å²) in [5, 5.41) is 8.75. The van der Waals surface area contributed by atoms with Gasteiger partial charge in [0.05, 0.1) is 6.10 Å². The molecule has 1 aromatic rings. The molecule has 4 heteroatoms. The molecule has 0 atom stereocenters. The minimum atomic E-state index is -0.689. The molecule has 3 rings (SSSR count). The first-order valence-corrected chi connectivity index (χ1v) is 10.8. The minimum absolute atomic E-state index is 0.279. The van der Waals surface area contributed by atoms with Crippen molar-refractivity contribution in [2.24, 2.45) is 5.92 Å². The second kappa shape index (κ2) is 10.1. The first-order valence-electron chi connectivity index (χ1n) is 10.8. The SMILES string of the molecule is CC[C@H]1CC[C@@H](Oc2ccc(C3CCN(CCCC(=O)O)CC3)cc2)CC1. The largest absolute Gasteiger partial charge is 0.490 e. The van der Waals surface area contributed by atoms with Gasteiger partial charge in [0.15, 0.2) is 0 Å². The van der Waals surface area contributed by atoms with Gasteiger partial charge in [-0.1, -0.05) is 25.5 Å². The van der Waals surface area contributed by atoms with E-state index in [9.17, 15) is 4.79 Å². The number of hydrogen-bond acceptors (Lipinski definition) is 3. The van der Waals surface area contributed by atoms with Crippen LogP contribution in [0.25, 0.3) is 0 Å². The van der Waals surface area contributed by atoms with Gasteiger partial charge in [-0.2, -0.15) is 0 Å². The van der Waals surface area contributed by atoms with Gasteiger partial charge in [-0.3, -0.25) is 4.79 Å². The lowest BCUT2D eigenvalue weighted by atomic mass is 9.86. The van der Waals surface area contributed by atoms with E-state index >= 15 is 0 Å². The molecule has 1 aromatic carbocycles. The van der Waals surface area contributed by atoms with E-state index in [4.69, 9.17) is 9.84 Å². The number of carbonyl (C=O) groups is 1. The van der Waals surface area contributed by atoms with Crippen LogP contribution in [-0.4, -0.2) is 41.7 Å². The molecule has 150 valence electrons. The Morgan fingerprint density at radius 3 is 2.33 bits per heavy atom. The summed E-state index contributed by atoms with van der Waals surface area (Å²) in [6.45, 7) is 5.35. The number of hydrogen-bond donors (Lipinski definition) is 1. The van der Waals surface area contributed by atoms with Crippen molar-refractivity contribution < 1.29 is 14.6 Å². The molecule has 2 fully saturated rings. The molecule has 1 heterocycles. The van der Waals surface area contributed by atoms with Crippen LogP contribution in [0.2, 0.25) is 0 Å². The maximum absolute atomic E-state index is 10.6. The number of piperidine rings is 1. The van der Waals surface area contributed by atoms with Gasteiger partial charge >= 0.3 is 5.97 Å². The summed E-state index contributed by atoms with van der Waals surface area (Å²) >= 11 is 0. The standard InChI is InChI=1S/C23H35NO3/c1-2-18-5-9-21(10-6-18)27-22-11-7-19(8-12-22)20-13-16-24(17-14-20)15-3-4-23(25)26/h7-8,11-12,18,20-21H,2-6,9-10,13-17H2,1H3,(H,25,26)/t18-,21+. The van der Waals surface area contributed by atoms with Crippen LogP contribution in [0, 0.1) is 5.92 Å². The lowest BCUT2D eigenvalue weighted by molar-refractivity contribution is -0.137. The highest BCUT2D eigenvalue weighted by atomic mass is 16.5. The molecule has 1 saturated heterocycles. The van der Waals surface area contributed by atoms with E-state index < -0.39 is 5.97 Å². The van der Waals surface area contributed by atoms with Crippen molar-refractivity contribution in [2.45, 2.75) is 76.7 Å². The number of ether oxygens (including phenoxy) is 1. The second-order valence-corrected chi connectivity index (χ2v) is 8.35. The molecule has 0 spiro atoms. The van der Waals surface area contributed by atoms with E-state index in [1.807, 2.05) is 0 Å². The molecule has 4 nitrogen and oxygen atoms in total. The molecule has 1 N–H and O–H groups in total. The zero-order chi connectivity index (χ0) is 19.1. The monoisotopic (exact) mass is 373 g/mol. The van der Waals surface area contributed by atoms with Crippen molar-refractivity contribution in [2.75, 3.05) is 19.6 Å². The van der Waals surface area contributed by atoms with Crippen molar-refractivity contribution in [3.8, 4) is 5.75 Å². The fraction of sp³-hybridized carbons (Fsp3) is 0.696. The molecule has 0 aromatic heterocycles. The van der Waals surface area contributed by atoms with Gasteiger partial charge in [0, 0.05) is 6.42 Å². The fourth-order valence-electron chi connectivity index (χ4n) is 4.61. The Morgan fingerprint density at radius 2 is 1.74 bits per heavy atom. The van der Waals surface area contributed by atoms with Crippen LogP contribution in [0.3, 0.4) is 0 Å². The second-order valence-electron chi connectivity index (χ2n) is 8.35. The van der Waals surface area contributed by atoms with Crippen LogP contribution in [0.1, 0.15) is 76.2 Å². The average molecular weight is 374 g/mol. The Hall–Kier alpha value is -1.55. The van der Waals surface area contributed by atoms with Gasteiger partial charge in [0.1, 0.15) is 5.75 Å². The molecular formula is C23H35NO3. The maximum Gasteiger partial charge on any atom is 0.303 e. The summed E-state index contributed by atoms with van der Waals surface area (Å²) < 4.78 is 6.21. The van der Waals surface area contributed by atoms with Gasteiger partial charge in [-0.25, -0.2) is 0 Å². The highest BCUT2D eigenvalue weighted by Crippen LogP contribution is 2.32. The predicted molar refractivity (Wildman–Crippen MR) is 108 cm³/mol. The summed E-state index contributed by atoms with van der Waals surface area (Å²) in [5.74, 6) is 1.85. The van der Waals surface area contributed by atoms with Gasteiger partial charge in [0.25, 0.3) is 0 Å². The molecule has 0 radical (unpaired) electrons. The summed E-state index contributed by atoms with van der Waals surface area (Å²) in [4.78, 5) is 13.0. The van der Waals surface area contributed by atoms with Crippen molar-refractivity contribution in [3.63, 3.8) is 0 Å². The molecule has 1 aliphatic carbocycles. The van der Waals surface area contributed by atoms with E-state index in [0.717, 1.165) is 50.6 Å². The smallest absolute Gasteiger partial charge is 0.303 e. The number of carboxylic acids is 1. The quantitative estimate of drug-likeness (QED) is 0.690. The Bertz CT molecular complexity index is 570. The minimum Gasteiger partial charge on any atom is -0.490 e. The van der Waals surface area contributed by atoms with Crippen LogP contribution in [0.4, 0.5) is 0 Å². The van der Waals surface area contributed by atoms with Crippen LogP contribution in [-0.2, 0) is 4.79 Å². The molecular weight excluding hydrogens is 338 g/mol. The molecule has 27 heavy (non-hydrogen) atoms. The zero-order valence-electron chi connectivity index (χ0n) is 16.7. The Labute approximate surface area is 163 Å². The third-order valence-electron chi connectivity index (χ3n) is 6.48. The Balaban J connectivity index is 1.41. The predicted octanol–water partition coefficient (Wildman–Crippen LogP) is 5.08. The van der Waals surface area contributed by atoms with Crippen LogP contribution < -0.4 is 4.74 Å². The maximum atomic E-state index is 10.6. The number of aliphatic carboxylic acids is 1. The fourth-order valence-corrected chi connectivity index (χ4v) is 4.61. The number of rotatable bonds is 8. The van der Waals surface area contributed by atoms with Crippen LogP contribution in [0.5, 0.6) is 5.75 Å². The Morgan fingerprint density at radius 1 is 1.07 bits per heavy atom. The first-order chi connectivity index (χ1) is 13.1.